The Balaban J connectivity index is 1.98. The van der Waals surface area contributed by atoms with Gasteiger partial charge >= 0.3 is 6.16 Å². The fraction of sp³-hybridized carbons (Fsp3) is 0.812. The molecule has 0 spiro atoms. The molecule has 0 amide bonds. The van der Waals surface area contributed by atoms with E-state index in [1.54, 1.807) is 6.08 Å². The van der Waals surface area contributed by atoms with Gasteiger partial charge in [-0.15, -0.1) is 0 Å². The summed E-state index contributed by atoms with van der Waals surface area (Å²) in [5.74, 6) is 0.301. The van der Waals surface area contributed by atoms with Crippen molar-refractivity contribution in [1.29, 1.82) is 0 Å². The second-order valence-electron chi connectivity index (χ2n) is 5.79. The average molecular weight is 266 g/mol. The topological polar surface area (TPSA) is 35.5 Å². The van der Waals surface area contributed by atoms with Gasteiger partial charge in [-0.05, 0) is 19.3 Å². The van der Waals surface area contributed by atoms with Crippen molar-refractivity contribution in [3.05, 3.63) is 12.7 Å². The maximum absolute atomic E-state index is 11.5. The molecule has 0 aromatic carbocycles. The number of hydrogen-bond donors (Lipinski definition) is 0. The lowest BCUT2D eigenvalue weighted by atomic mass is 9.85. The van der Waals surface area contributed by atoms with E-state index in [0.29, 0.717) is 5.92 Å². The zero-order chi connectivity index (χ0) is 13.5. The minimum absolute atomic E-state index is 0.0312. The summed E-state index contributed by atoms with van der Waals surface area (Å²) in [4.78, 5) is 11.5. The standard InChI is InChI=1S/C16H26O3/c1-2-14-13-11-9-7-5-3-4-6-8-10-12-15(13)19-16(17)18-14/h2,13-15H,1,3-12H2/t13-,14-,15-/m0/s1. The maximum atomic E-state index is 11.5. The molecule has 108 valence electrons. The summed E-state index contributed by atoms with van der Waals surface area (Å²) >= 11 is 0. The molecule has 0 radical (unpaired) electrons. The predicted octanol–water partition coefficient (Wildman–Crippen LogP) is 4.61. The lowest BCUT2D eigenvalue weighted by molar-refractivity contribution is -0.0898. The molecule has 2 fully saturated rings. The molecule has 1 aliphatic carbocycles. The molecular weight excluding hydrogens is 240 g/mol. The summed E-state index contributed by atoms with van der Waals surface area (Å²) in [6, 6.07) is 0. The number of cyclic esters (lactones) is 1. The third-order valence-electron chi connectivity index (χ3n) is 4.39. The number of ether oxygens (including phenoxy) is 2. The van der Waals surface area contributed by atoms with E-state index in [9.17, 15) is 4.79 Å². The molecule has 1 aliphatic heterocycles. The van der Waals surface area contributed by atoms with Gasteiger partial charge in [0.1, 0.15) is 12.2 Å². The Morgan fingerprint density at radius 2 is 1.47 bits per heavy atom. The molecule has 1 heterocycles. The Labute approximate surface area is 116 Å². The summed E-state index contributed by atoms with van der Waals surface area (Å²) in [5, 5.41) is 0. The highest BCUT2D eigenvalue weighted by Crippen LogP contribution is 2.31. The van der Waals surface area contributed by atoms with Crippen LogP contribution in [0.15, 0.2) is 12.7 Å². The van der Waals surface area contributed by atoms with Crippen LogP contribution in [-0.2, 0) is 9.47 Å². The van der Waals surface area contributed by atoms with Crippen molar-refractivity contribution in [1.82, 2.24) is 0 Å². The smallest absolute Gasteiger partial charge is 0.431 e. The van der Waals surface area contributed by atoms with E-state index in [4.69, 9.17) is 9.47 Å². The molecule has 0 aromatic rings. The van der Waals surface area contributed by atoms with Crippen molar-refractivity contribution in [2.24, 2.45) is 5.92 Å². The summed E-state index contributed by atoms with van der Waals surface area (Å²) in [6.45, 7) is 3.81. The summed E-state index contributed by atoms with van der Waals surface area (Å²) in [7, 11) is 0. The molecule has 2 aliphatic rings. The average Bonchev–Trinajstić information content (AvgIpc) is 2.39. The minimum atomic E-state index is -0.516. The third-order valence-corrected chi connectivity index (χ3v) is 4.39. The first kappa shape index (κ1) is 14.4. The second-order valence-corrected chi connectivity index (χ2v) is 5.79. The SMILES string of the molecule is C=C[C@@H]1OC(=O)O[C@H]2CCCCCCCCCC[C@@H]12. The van der Waals surface area contributed by atoms with Crippen molar-refractivity contribution in [2.45, 2.75) is 76.4 Å². The largest absolute Gasteiger partial charge is 0.509 e. The first-order chi connectivity index (χ1) is 9.31. The molecule has 3 atom stereocenters. The van der Waals surface area contributed by atoms with Crippen LogP contribution < -0.4 is 0 Å². The van der Waals surface area contributed by atoms with Gasteiger partial charge in [-0.2, -0.15) is 0 Å². The van der Waals surface area contributed by atoms with Crippen LogP contribution in [0.2, 0.25) is 0 Å². The molecule has 2 rings (SSSR count). The van der Waals surface area contributed by atoms with Crippen LogP contribution in [0.3, 0.4) is 0 Å². The van der Waals surface area contributed by atoms with Gasteiger partial charge in [0.2, 0.25) is 0 Å². The quantitative estimate of drug-likeness (QED) is 0.513. The minimum Gasteiger partial charge on any atom is -0.431 e. The molecule has 3 nitrogen and oxygen atoms in total. The Morgan fingerprint density at radius 3 is 2.11 bits per heavy atom. The maximum Gasteiger partial charge on any atom is 0.509 e. The number of rotatable bonds is 1. The number of carbonyl (C=O) groups excluding carboxylic acids is 1. The first-order valence-electron chi connectivity index (χ1n) is 7.81. The van der Waals surface area contributed by atoms with Crippen LogP contribution in [0.25, 0.3) is 0 Å². The zero-order valence-electron chi connectivity index (χ0n) is 11.8. The summed E-state index contributed by atoms with van der Waals surface area (Å²) in [6.07, 6.45) is 13.4. The van der Waals surface area contributed by atoms with Crippen molar-refractivity contribution >= 4 is 6.16 Å². The predicted molar refractivity (Wildman–Crippen MR) is 75.0 cm³/mol. The lowest BCUT2D eigenvalue weighted by Crippen LogP contribution is -2.42. The van der Waals surface area contributed by atoms with Crippen molar-refractivity contribution in [3.63, 3.8) is 0 Å². The van der Waals surface area contributed by atoms with Crippen LogP contribution in [0.4, 0.5) is 4.79 Å². The molecule has 0 unspecified atom stereocenters. The molecule has 0 aromatic heterocycles. The highest BCUT2D eigenvalue weighted by atomic mass is 16.7. The Hall–Kier alpha value is -0.990. The molecule has 1 saturated heterocycles. The normalized spacial score (nSPS) is 33.9. The zero-order valence-corrected chi connectivity index (χ0v) is 11.8. The number of hydrogen-bond acceptors (Lipinski definition) is 3. The van der Waals surface area contributed by atoms with E-state index in [0.717, 1.165) is 19.3 Å². The Morgan fingerprint density at radius 1 is 0.895 bits per heavy atom. The summed E-state index contributed by atoms with van der Waals surface area (Å²) < 4.78 is 10.7. The molecule has 0 N–H and O–H groups in total. The fourth-order valence-corrected chi connectivity index (χ4v) is 3.28. The van der Waals surface area contributed by atoms with Gasteiger partial charge in [0.15, 0.2) is 0 Å². The van der Waals surface area contributed by atoms with Gasteiger partial charge < -0.3 is 9.47 Å². The van der Waals surface area contributed by atoms with Crippen LogP contribution in [0.5, 0.6) is 0 Å². The van der Waals surface area contributed by atoms with Crippen LogP contribution in [0, 0.1) is 5.92 Å². The van der Waals surface area contributed by atoms with Gasteiger partial charge in [-0.3, -0.25) is 0 Å². The van der Waals surface area contributed by atoms with Crippen molar-refractivity contribution in [3.8, 4) is 0 Å². The molecule has 0 bridgehead atoms. The molecule has 3 heteroatoms. The van der Waals surface area contributed by atoms with E-state index >= 15 is 0 Å². The monoisotopic (exact) mass is 266 g/mol. The highest BCUT2D eigenvalue weighted by molar-refractivity contribution is 5.61. The Kier molecular flexibility index (Phi) is 5.74. The van der Waals surface area contributed by atoms with E-state index in [2.05, 4.69) is 6.58 Å². The lowest BCUT2D eigenvalue weighted by Gasteiger charge is -2.36. The summed E-state index contributed by atoms with van der Waals surface area (Å²) in [5.41, 5.74) is 0. The molecular formula is C16H26O3. The van der Waals surface area contributed by atoms with E-state index in [1.165, 1.54) is 44.9 Å². The van der Waals surface area contributed by atoms with Gasteiger partial charge in [-0.25, -0.2) is 4.79 Å². The van der Waals surface area contributed by atoms with E-state index in [1.807, 2.05) is 0 Å². The van der Waals surface area contributed by atoms with E-state index < -0.39 is 6.16 Å². The van der Waals surface area contributed by atoms with Gasteiger partial charge in [0.25, 0.3) is 0 Å². The van der Waals surface area contributed by atoms with Crippen LogP contribution in [-0.4, -0.2) is 18.4 Å². The molecule has 19 heavy (non-hydrogen) atoms. The van der Waals surface area contributed by atoms with Gasteiger partial charge in [0, 0.05) is 5.92 Å². The van der Waals surface area contributed by atoms with E-state index in [-0.39, 0.29) is 12.2 Å². The van der Waals surface area contributed by atoms with Crippen LogP contribution in [0.1, 0.15) is 64.2 Å². The van der Waals surface area contributed by atoms with Crippen molar-refractivity contribution in [2.75, 3.05) is 0 Å². The number of fused-ring (bicyclic) bond motifs is 1. The number of carbonyl (C=O) groups is 1. The molecule has 1 saturated carbocycles. The Bertz CT molecular complexity index is 300. The highest BCUT2D eigenvalue weighted by Gasteiger charge is 2.37. The first-order valence-corrected chi connectivity index (χ1v) is 7.81. The van der Waals surface area contributed by atoms with Gasteiger partial charge in [0.05, 0.1) is 0 Å². The fourth-order valence-electron chi connectivity index (χ4n) is 3.28. The van der Waals surface area contributed by atoms with Gasteiger partial charge in [-0.1, -0.05) is 57.6 Å². The second kappa shape index (κ2) is 7.56. The van der Waals surface area contributed by atoms with Crippen LogP contribution >= 0.6 is 0 Å². The van der Waals surface area contributed by atoms with Crippen molar-refractivity contribution < 1.29 is 14.3 Å². The third kappa shape index (κ3) is 4.26.